The quantitative estimate of drug-likeness (QED) is 0.489. The molecule has 0 aromatic heterocycles. The number of aliphatic hydroxyl groups excluding tert-OH is 2. The summed E-state index contributed by atoms with van der Waals surface area (Å²) >= 11 is 0. The molecule has 0 radical (unpaired) electrons. The summed E-state index contributed by atoms with van der Waals surface area (Å²) < 4.78 is 0. The molecule has 4 heteroatoms. The third-order valence-electron chi connectivity index (χ3n) is 2.36. The van der Waals surface area contributed by atoms with Gasteiger partial charge in [-0.1, -0.05) is 19.6 Å². The lowest BCUT2D eigenvalue weighted by Crippen LogP contribution is -2.88. The molecule has 3 atom stereocenters. The first-order valence-electron chi connectivity index (χ1n) is 4.59. The molecule has 0 spiro atoms. The zero-order chi connectivity index (χ0) is 9.35. The second-order valence-corrected chi connectivity index (χ2v) is 10.5. The summed E-state index contributed by atoms with van der Waals surface area (Å²) in [4.78, 5) is 0. The summed E-state index contributed by atoms with van der Waals surface area (Å²) in [5.41, 5.74) is 0. The molecule has 4 N–H and O–H groups in total. The zero-order valence-corrected chi connectivity index (χ0v) is 9.12. The molecule has 1 heterocycles. The lowest BCUT2D eigenvalue weighted by Gasteiger charge is -2.21. The van der Waals surface area contributed by atoms with Gasteiger partial charge in [-0.25, -0.2) is 0 Å². The van der Waals surface area contributed by atoms with Gasteiger partial charge < -0.3 is 15.5 Å². The summed E-state index contributed by atoms with van der Waals surface area (Å²) in [5.74, 6) is 0. The molecule has 1 saturated heterocycles. The van der Waals surface area contributed by atoms with Crippen LogP contribution in [0.4, 0.5) is 0 Å². The minimum atomic E-state index is -1.10. The molecule has 0 saturated carbocycles. The predicted molar refractivity (Wildman–Crippen MR) is 50.7 cm³/mol. The molecule has 1 aliphatic rings. The van der Waals surface area contributed by atoms with Crippen molar-refractivity contribution in [2.24, 2.45) is 0 Å². The molecule has 12 heavy (non-hydrogen) atoms. The minimum absolute atomic E-state index is 0.242. The van der Waals surface area contributed by atoms with Crippen LogP contribution < -0.4 is 5.32 Å². The van der Waals surface area contributed by atoms with Gasteiger partial charge in [-0.05, 0) is 6.04 Å². The fourth-order valence-corrected chi connectivity index (χ4v) is 3.61. The van der Waals surface area contributed by atoms with Crippen molar-refractivity contribution >= 4 is 8.07 Å². The topological polar surface area (TPSA) is 57.1 Å². The van der Waals surface area contributed by atoms with Gasteiger partial charge in [0.2, 0.25) is 0 Å². The van der Waals surface area contributed by atoms with Gasteiger partial charge in [0.25, 0.3) is 0 Å². The summed E-state index contributed by atoms with van der Waals surface area (Å²) in [6.07, 6.45) is -1.01. The van der Waals surface area contributed by atoms with Gasteiger partial charge >= 0.3 is 0 Å². The SMILES string of the molecule is C[Si](C)(C)C[C@H]1[NH2+]C[C@H](O)[C@H]1O. The monoisotopic (exact) mass is 190 g/mol. The molecule has 1 fully saturated rings. The van der Waals surface area contributed by atoms with E-state index in [9.17, 15) is 10.2 Å². The van der Waals surface area contributed by atoms with E-state index < -0.39 is 20.3 Å². The van der Waals surface area contributed by atoms with Crippen molar-refractivity contribution in [2.75, 3.05) is 6.54 Å². The third kappa shape index (κ3) is 2.55. The van der Waals surface area contributed by atoms with E-state index in [1.54, 1.807) is 0 Å². The Hall–Kier alpha value is 0.0969. The molecule has 0 aromatic carbocycles. The Balaban J connectivity index is 2.44. The maximum Gasteiger partial charge on any atom is 0.137 e. The van der Waals surface area contributed by atoms with E-state index in [1.807, 2.05) is 0 Å². The van der Waals surface area contributed by atoms with Crippen LogP contribution >= 0.6 is 0 Å². The van der Waals surface area contributed by atoms with Crippen molar-refractivity contribution in [3.63, 3.8) is 0 Å². The number of rotatable bonds is 2. The third-order valence-corrected chi connectivity index (χ3v) is 4.06. The molecule has 0 aromatic rings. The number of aliphatic hydroxyl groups is 2. The largest absolute Gasteiger partial charge is 0.384 e. The smallest absolute Gasteiger partial charge is 0.137 e. The number of hydrogen-bond acceptors (Lipinski definition) is 2. The van der Waals surface area contributed by atoms with Crippen molar-refractivity contribution in [3.8, 4) is 0 Å². The maximum atomic E-state index is 9.56. The van der Waals surface area contributed by atoms with Crippen LogP contribution in [0.5, 0.6) is 0 Å². The van der Waals surface area contributed by atoms with Gasteiger partial charge in [0.15, 0.2) is 0 Å². The molecule has 0 unspecified atom stereocenters. The van der Waals surface area contributed by atoms with E-state index in [4.69, 9.17) is 0 Å². The molecule has 1 rings (SSSR count). The number of quaternary nitrogens is 1. The van der Waals surface area contributed by atoms with E-state index in [0.29, 0.717) is 6.54 Å². The average molecular weight is 190 g/mol. The summed E-state index contributed by atoms with van der Waals surface area (Å²) in [5, 5.41) is 20.9. The highest BCUT2D eigenvalue weighted by molar-refractivity contribution is 6.76. The molecule has 0 amide bonds. The molecule has 1 aliphatic heterocycles. The number of nitrogens with two attached hydrogens (primary N) is 1. The van der Waals surface area contributed by atoms with E-state index >= 15 is 0 Å². The lowest BCUT2D eigenvalue weighted by atomic mass is 10.2. The first-order chi connectivity index (χ1) is 5.40. The average Bonchev–Trinajstić information content (AvgIpc) is 2.16. The van der Waals surface area contributed by atoms with Crippen molar-refractivity contribution in [2.45, 2.75) is 43.9 Å². The van der Waals surface area contributed by atoms with Crippen LogP contribution in [0.3, 0.4) is 0 Å². The van der Waals surface area contributed by atoms with Crippen LogP contribution in [0, 0.1) is 0 Å². The summed E-state index contributed by atoms with van der Waals surface area (Å²) in [6.45, 7) is 7.53. The van der Waals surface area contributed by atoms with E-state index in [1.165, 1.54) is 0 Å². The highest BCUT2D eigenvalue weighted by Gasteiger charge is 2.39. The van der Waals surface area contributed by atoms with Crippen molar-refractivity contribution in [1.29, 1.82) is 0 Å². The van der Waals surface area contributed by atoms with E-state index in [0.717, 1.165) is 6.04 Å². The van der Waals surface area contributed by atoms with Crippen LogP contribution in [0.1, 0.15) is 0 Å². The molecule has 0 aliphatic carbocycles. The number of hydrogen-bond donors (Lipinski definition) is 3. The zero-order valence-electron chi connectivity index (χ0n) is 8.12. The van der Waals surface area contributed by atoms with Crippen LogP contribution in [0.25, 0.3) is 0 Å². The molecular formula is C8H20NO2Si+. The van der Waals surface area contributed by atoms with Crippen LogP contribution in [0.2, 0.25) is 25.7 Å². The van der Waals surface area contributed by atoms with Crippen molar-refractivity contribution < 1.29 is 15.5 Å². The Morgan fingerprint density at radius 1 is 1.33 bits per heavy atom. The highest BCUT2D eigenvalue weighted by Crippen LogP contribution is 2.15. The van der Waals surface area contributed by atoms with Crippen LogP contribution in [-0.2, 0) is 0 Å². The fraction of sp³-hybridized carbons (Fsp3) is 1.00. The first kappa shape index (κ1) is 10.2. The maximum absolute atomic E-state index is 9.56. The Morgan fingerprint density at radius 2 is 1.92 bits per heavy atom. The van der Waals surface area contributed by atoms with Crippen molar-refractivity contribution in [1.82, 2.24) is 0 Å². The van der Waals surface area contributed by atoms with E-state index in [-0.39, 0.29) is 6.04 Å². The standard InChI is InChI=1S/C8H19NO2Si/c1-12(2,3)5-6-8(11)7(10)4-9-6/h6-11H,4-5H2,1-3H3/p+1/t6-,7+,8+/m1/s1. The molecule has 3 nitrogen and oxygen atoms in total. The predicted octanol–water partition coefficient (Wildman–Crippen LogP) is -1.01. The minimum Gasteiger partial charge on any atom is -0.384 e. The first-order valence-corrected chi connectivity index (χ1v) is 8.30. The second kappa shape index (κ2) is 3.45. The Bertz CT molecular complexity index is 158. The van der Waals surface area contributed by atoms with Gasteiger partial charge in [-0.15, -0.1) is 0 Å². The lowest BCUT2D eigenvalue weighted by molar-refractivity contribution is -0.671. The van der Waals surface area contributed by atoms with Crippen LogP contribution in [0.15, 0.2) is 0 Å². The van der Waals surface area contributed by atoms with Gasteiger partial charge in [0, 0.05) is 0 Å². The van der Waals surface area contributed by atoms with Gasteiger partial charge in [-0.2, -0.15) is 0 Å². The molecule has 0 bridgehead atoms. The van der Waals surface area contributed by atoms with Gasteiger partial charge in [0.1, 0.15) is 24.8 Å². The van der Waals surface area contributed by atoms with Gasteiger partial charge in [-0.3, -0.25) is 0 Å². The van der Waals surface area contributed by atoms with Crippen molar-refractivity contribution in [3.05, 3.63) is 0 Å². The second-order valence-electron chi connectivity index (χ2n) is 4.96. The van der Waals surface area contributed by atoms with E-state index in [2.05, 4.69) is 25.0 Å². The Kier molecular flexibility index (Phi) is 2.93. The molecule has 72 valence electrons. The van der Waals surface area contributed by atoms with Crippen LogP contribution in [-0.4, -0.2) is 43.1 Å². The molecular weight excluding hydrogens is 170 g/mol. The summed E-state index contributed by atoms with van der Waals surface area (Å²) in [6, 6.07) is 1.33. The Morgan fingerprint density at radius 3 is 2.25 bits per heavy atom. The summed E-state index contributed by atoms with van der Waals surface area (Å²) in [7, 11) is -1.10. The fourth-order valence-electron chi connectivity index (χ4n) is 1.79. The van der Waals surface area contributed by atoms with Gasteiger partial charge in [0.05, 0.1) is 8.07 Å². The highest BCUT2D eigenvalue weighted by atomic mass is 28.3. The Labute approximate surface area is 74.8 Å². The normalized spacial score (nSPS) is 37.2.